The van der Waals surface area contributed by atoms with Crippen molar-refractivity contribution in [2.75, 3.05) is 6.54 Å². The Balaban J connectivity index is 4.33. The maximum atomic E-state index is 11.4. The van der Waals surface area contributed by atoms with E-state index in [1.54, 1.807) is 6.92 Å². The minimum Gasteiger partial charge on any atom is -0.480 e. The third-order valence-electron chi connectivity index (χ3n) is 2.13. The smallest absolute Gasteiger partial charge is 0.328 e. The zero-order chi connectivity index (χ0) is 14.3. The number of aliphatic hydroxyl groups is 1. The summed E-state index contributed by atoms with van der Waals surface area (Å²) in [5.74, 6) is -1.73. The summed E-state index contributed by atoms with van der Waals surface area (Å²) in [4.78, 5) is 33.4. The Kier molecular flexibility index (Phi) is 6.73. The van der Waals surface area contributed by atoms with Crippen LogP contribution < -0.4 is 16.0 Å². The Bertz CT molecular complexity index is 319. The van der Waals surface area contributed by atoms with Crippen molar-refractivity contribution in [3.05, 3.63) is 0 Å². The minimum absolute atomic E-state index is 0.378. The van der Waals surface area contributed by atoms with Crippen LogP contribution in [0.2, 0.25) is 0 Å². The number of urea groups is 1. The molecule has 0 fully saturated rings. The molecule has 5 N–H and O–H groups in total. The summed E-state index contributed by atoms with van der Waals surface area (Å²) in [6.07, 6.45) is -1.24. The lowest BCUT2D eigenvalue weighted by atomic mass is 10.2. The molecule has 8 nitrogen and oxygen atoms in total. The van der Waals surface area contributed by atoms with Crippen molar-refractivity contribution in [3.8, 4) is 0 Å². The van der Waals surface area contributed by atoms with E-state index in [2.05, 4.69) is 16.0 Å². The number of nitrogens with one attached hydrogen (secondary N) is 3. The van der Waals surface area contributed by atoms with Crippen LogP contribution in [0.5, 0.6) is 0 Å². The molecule has 0 heterocycles. The number of carboxylic acid groups (broad SMARTS) is 1. The van der Waals surface area contributed by atoms with Gasteiger partial charge in [0.2, 0.25) is 5.91 Å². The highest BCUT2D eigenvalue weighted by atomic mass is 16.4. The Labute approximate surface area is 105 Å². The lowest BCUT2D eigenvalue weighted by molar-refractivity contribution is -0.141. The number of hydrogen-bond acceptors (Lipinski definition) is 4. The molecule has 3 atom stereocenters. The van der Waals surface area contributed by atoms with Gasteiger partial charge in [-0.25, -0.2) is 9.59 Å². The SMILES string of the molecule is CCNC(=O)C(C)NC(=O)NC(C(=O)O)C(C)O. The number of amides is 3. The van der Waals surface area contributed by atoms with E-state index in [0.29, 0.717) is 6.54 Å². The second-order valence-corrected chi connectivity index (χ2v) is 3.79. The highest BCUT2D eigenvalue weighted by molar-refractivity contribution is 5.88. The maximum absolute atomic E-state index is 11.4. The third-order valence-corrected chi connectivity index (χ3v) is 2.13. The van der Waals surface area contributed by atoms with Crippen LogP contribution in [0.4, 0.5) is 4.79 Å². The van der Waals surface area contributed by atoms with Gasteiger partial charge in [0.25, 0.3) is 0 Å². The van der Waals surface area contributed by atoms with E-state index in [0.717, 1.165) is 0 Å². The molecule has 0 saturated heterocycles. The summed E-state index contributed by atoms with van der Waals surface area (Å²) in [7, 11) is 0. The standard InChI is InChI=1S/C10H19N3O5/c1-4-11-8(15)5(2)12-10(18)13-7(6(3)14)9(16)17/h5-7,14H,4H2,1-3H3,(H,11,15)(H,16,17)(H2,12,13,18). The van der Waals surface area contributed by atoms with E-state index < -0.39 is 30.2 Å². The Hall–Kier alpha value is -1.83. The quantitative estimate of drug-likeness (QED) is 0.403. The van der Waals surface area contributed by atoms with Crippen molar-refractivity contribution in [2.24, 2.45) is 0 Å². The largest absolute Gasteiger partial charge is 0.480 e. The molecule has 0 aliphatic carbocycles. The van der Waals surface area contributed by atoms with Crippen LogP contribution in [-0.2, 0) is 9.59 Å². The van der Waals surface area contributed by atoms with Crippen LogP contribution in [0.25, 0.3) is 0 Å². The number of hydrogen-bond donors (Lipinski definition) is 5. The molecule has 0 aromatic heterocycles. The van der Waals surface area contributed by atoms with Gasteiger partial charge < -0.3 is 26.2 Å². The number of carboxylic acids is 1. The minimum atomic E-state index is -1.42. The van der Waals surface area contributed by atoms with Crippen LogP contribution in [0, 0.1) is 0 Å². The third kappa shape index (κ3) is 5.48. The average Bonchev–Trinajstić information content (AvgIpc) is 2.25. The highest BCUT2D eigenvalue weighted by Gasteiger charge is 2.26. The summed E-state index contributed by atoms with van der Waals surface area (Å²) in [6.45, 7) is 4.87. The fraction of sp³-hybridized carbons (Fsp3) is 0.700. The number of rotatable bonds is 6. The first-order valence-electron chi connectivity index (χ1n) is 5.55. The van der Waals surface area contributed by atoms with Gasteiger partial charge in [0.15, 0.2) is 6.04 Å². The van der Waals surface area contributed by atoms with E-state index in [1.807, 2.05) is 0 Å². The maximum Gasteiger partial charge on any atom is 0.328 e. The van der Waals surface area contributed by atoms with Crippen LogP contribution in [-0.4, -0.2) is 52.9 Å². The molecule has 0 aromatic carbocycles. The number of carbonyl (C=O) groups excluding carboxylic acids is 2. The summed E-state index contributed by atoms with van der Waals surface area (Å²) < 4.78 is 0. The predicted molar refractivity (Wildman–Crippen MR) is 62.9 cm³/mol. The van der Waals surface area contributed by atoms with Crippen molar-refractivity contribution < 1.29 is 24.6 Å². The molecule has 3 unspecified atom stereocenters. The molecule has 0 aliphatic rings. The second-order valence-electron chi connectivity index (χ2n) is 3.79. The summed E-state index contributed by atoms with van der Waals surface area (Å²) in [5, 5.41) is 24.7. The average molecular weight is 261 g/mol. The van der Waals surface area contributed by atoms with Gasteiger partial charge in [-0.3, -0.25) is 4.79 Å². The fourth-order valence-electron chi connectivity index (χ4n) is 1.16. The van der Waals surface area contributed by atoms with Gasteiger partial charge in [-0.2, -0.15) is 0 Å². The topological polar surface area (TPSA) is 128 Å². The van der Waals surface area contributed by atoms with Crippen LogP contribution in [0.15, 0.2) is 0 Å². The number of carbonyl (C=O) groups is 3. The Morgan fingerprint density at radius 2 is 1.72 bits per heavy atom. The molecule has 0 aliphatic heterocycles. The Morgan fingerprint density at radius 3 is 2.11 bits per heavy atom. The number of aliphatic carboxylic acids is 1. The van der Waals surface area contributed by atoms with Crippen LogP contribution in [0.3, 0.4) is 0 Å². The van der Waals surface area contributed by atoms with Gasteiger partial charge in [-0.1, -0.05) is 0 Å². The van der Waals surface area contributed by atoms with Crippen molar-refractivity contribution in [1.29, 1.82) is 0 Å². The lowest BCUT2D eigenvalue weighted by Crippen LogP contribution is -2.55. The molecule has 0 rings (SSSR count). The summed E-state index contributed by atoms with van der Waals surface area (Å²) in [6, 6.07) is -3.05. The van der Waals surface area contributed by atoms with Gasteiger partial charge >= 0.3 is 12.0 Å². The molecular weight excluding hydrogens is 242 g/mol. The van der Waals surface area contributed by atoms with E-state index in [4.69, 9.17) is 10.2 Å². The molecule has 0 aromatic rings. The first-order valence-corrected chi connectivity index (χ1v) is 5.55. The van der Waals surface area contributed by atoms with E-state index in [9.17, 15) is 14.4 Å². The molecule has 0 spiro atoms. The van der Waals surface area contributed by atoms with Gasteiger partial charge in [0, 0.05) is 6.54 Å². The normalized spacial score (nSPS) is 15.1. The van der Waals surface area contributed by atoms with E-state index >= 15 is 0 Å². The van der Waals surface area contributed by atoms with Crippen LogP contribution in [0.1, 0.15) is 20.8 Å². The van der Waals surface area contributed by atoms with Gasteiger partial charge in [-0.05, 0) is 20.8 Å². The molecule has 0 radical (unpaired) electrons. The molecule has 0 saturated carbocycles. The lowest BCUT2D eigenvalue weighted by Gasteiger charge is -2.19. The molecule has 3 amide bonds. The Morgan fingerprint density at radius 1 is 1.17 bits per heavy atom. The van der Waals surface area contributed by atoms with Gasteiger partial charge in [0.05, 0.1) is 6.10 Å². The van der Waals surface area contributed by atoms with Gasteiger partial charge in [0.1, 0.15) is 6.04 Å². The molecule has 8 heteroatoms. The number of likely N-dealkylation sites (N-methyl/N-ethyl adjacent to an activating group) is 1. The van der Waals surface area contributed by atoms with Gasteiger partial charge in [-0.15, -0.1) is 0 Å². The predicted octanol–water partition coefficient (Wildman–Crippen LogP) is -1.36. The monoisotopic (exact) mass is 261 g/mol. The molecule has 104 valence electrons. The highest BCUT2D eigenvalue weighted by Crippen LogP contribution is 1.93. The molecule has 0 bridgehead atoms. The van der Waals surface area contributed by atoms with Crippen molar-refractivity contribution >= 4 is 17.9 Å². The number of aliphatic hydroxyl groups excluding tert-OH is 1. The van der Waals surface area contributed by atoms with Crippen molar-refractivity contribution in [3.63, 3.8) is 0 Å². The van der Waals surface area contributed by atoms with Crippen molar-refractivity contribution in [1.82, 2.24) is 16.0 Å². The first-order chi connectivity index (χ1) is 8.29. The second kappa shape index (κ2) is 7.49. The zero-order valence-electron chi connectivity index (χ0n) is 10.6. The van der Waals surface area contributed by atoms with Crippen LogP contribution >= 0.6 is 0 Å². The van der Waals surface area contributed by atoms with E-state index in [-0.39, 0.29) is 5.91 Å². The van der Waals surface area contributed by atoms with E-state index in [1.165, 1.54) is 13.8 Å². The summed E-state index contributed by atoms with van der Waals surface area (Å²) >= 11 is 0. The van der Waals surface area contributed by atoms with Crippen molar-refractivity contribution in [2.45, 2.75) is 39.0 Å². The molecule has 18 heavy (non-hydrogen) atoms. The summed E-state index contributed by atoms with van der Waals surface area (Å²) in [5.41, 5.74) is 0. The fourth-order valence-corrected chi connectivity index (χ4v) is 1.16. The first kappa shape index (κ1) is 16.2. The zero-order valence-corrected chi connectivity index (χ0v) is 10.6. The molecular formula is C10H19N3O5.